The number of aryl methyl sites for hydroxylation is 2. The van der Waals surface area contributed by atoms with Gasteiger partial charge in [0.25, 0.3) is 5.91 Å². The first kappa shape index (κ1) is 10.8. The topological polar surface area (TPSA) is 55.1 Å². The lowest BCUT2D eigenvalue weighted by molar-refractivity contribution is 0.0919. The van der Waals surface area contributed by atoms with E-state index in [0.717, 1.165) is 0 Å². The summed E-state index contributed by atoms with van der Waals surface area (Å²) in [5, 5.41) is 2.78. The summed E-state index contributed by atoms with van der Waals surface area (Å²) in [7, 11) is 0. The van der Waals surface area contributed by atoms with Crippen LogP contribution in [-0.2, 0) is 0 Å². The van der Waals surface area contributed by atoms with Crippen LogP contribution in [0.25, 0.3) is 0 Å². The molecule has 1 heterocycles. The third-order valence-corrected chi connectivity index (χ3v) is 1.78. The summed E-state index contributed by atoms with van der Waals surface area (Å²) >= 11 is 0. The average Bonchev–Trinajstić information content (AvgIpc) is 2.41. The highest BCUT2D eigenvalue weighted by Gasteiger charge is 2.15. The predicted octanol–water partition coefficient (Wildman–Crippen LogP) is 1.68. The number of hydrogen-bond acceptors (Lipinski definition) is 3. The molecule has 0 aliphatic carbocycles. The Bertz CT molecular complexity index is 329. The molecule has 0 aliphatic rings. The summed E-state index contributed by atoms with van der Waals surface area (Å²) < 4.78 is 5.19. The minimum absolute atomic E-state index is 0.184. The van der Waals surface area contributed by atoms with Gasteiger partial charge in [-0.1, -0.05) is 13.8 Å². The summed E-state index contributed by atoms with van der Waals surface area (Å²) in [5.41, 5.74) is 0.642. The molecule has 0 unspecified atom stereocenters. The van der Waals surface area contributed by atoms with Gasteiger partial charge in [-0.2, -0.15) is 0 Å². The van der Waals surface area contributed by atoms with Gasteiger partial charge in [0.2, 0.25) is 5.76 Å². The van der Waals surface area contributed by atoms with Gasteiger partial charge in [0.1, 0.15) is 0 Å². The van der Waals surface area contributed by atoms with Gasteiger partial charge >= 0.3 is 0 Å². The summed E-state index contributed by atoms with van der Waals surface area (Å²) in [5.74, 6) is 1.10. The molecule has 1 aromatic rings. The van der Waals surface area contributed by atoms with Crippen molar-refractivity contribution in [1.29, 1.82) is 0 Å². The van der Waals surface area contributed by atoms with Crippen LogP contribution < -0.4 is 5.32 Å². The Balaban J connectivity index is 2.65. The van der Waals surface area contributed by atoms with E-state index in [-0.39, 0.29) is 5.91 Å². The second kappa shape index (κ2) is 4.26. The van der Waals surface area contributed by atoms with Crippen LogP contribution >= 0.6 is 0 Å². The molecule has 0 saturated heterocycles. The van der Waals surface area contributed by atoms with Crippen molar-refractivity contribution in [2.75, 3.05) is 6.54 Å². The minimum Gasteiger partial charge on any atom is -0.436 e. The highest BCUT2D eigenvalue weighted by atomic mass is 16.4. The fourth-order valence-corrected chi connectivity index (χ4v) is 1.12. The maximum absolute atomic E-state index is 11.5. The second-order valence-corrected chi connectivity index (χ2v) is 3.75. The summed E-state index contributed by atoms with van der Waals surface area (Å²) in [4.78, 5) is 15.6. The monoisotopic (exact) mass is 196 g/mol. The van der Waals surface area contributed by atoms with Crippen molar-refractivity contribution in [3.8, 4) is 0 Å². The highest BCUT2D eigenvalue weighted by Crippen LogP contribution is 2.08. The lowest BCUT2D eigenvalue weighted by Crippen LogP contribution is -2.27. The van der Waals surface area contributed by atoms with E-state index in [2.05, 4.69) is 10.3 Å². The van der Waals surface area contributed by atoms with Gasteiger partial charge in [0.05, 0.1) is 5.69 Å². The first-order chi connectivity index (χ1) is 6.50. The smallest absolute Gasteiger partial charge is 0.289 e. The Kier molecular flexibility index (Phi) is 3.28. The molecule has 0 aromatic carbocycles. The van der Waals surface area contributed by atoms with Gasteiger partial charge in [-0.3, -0.25) is 4.79 Å². The van der Waals surface area contributed by atoms with E-state index in [0.29, 0.717) is 29.8 Å². The summed E-state index contributed by atoms with van der Waals surface area (Å²) in [6.45, 7) is 8.22. The van der Waals surface area contributed by atoms with Crippen molar-refractivity contribution in [1.82, 2.24) is 10.3 Å². The van der Waals surface area contributed by atoms with Crippen molar-refractivity contribution in [2.45, 2.75) is 27.7 Å². The van der Waals surface area contributed by atoms with Gasteiger partial charge in [0.15, 0.2) is 5.89 Å². The minimum atomic E-state index is -0.184. The number of hydrogen-bond donors (Lipinski definition) is 1. The number of oxazole rings is 1. The first-order valence-electron chi connectivity index (χ1n) is 4.73. The molecule has 1 amide bonds. The zero-order valence-corrected chi connectivity index (χ0v) is 9.05. The quantitative estimate of drug-likeness (QED) is 0.800. The maximum Gasteiger partial charge on any atom is 0.289 e. The zero-order chi connectivity index (χ0) is 10.7. The third kappa shape index (κ3) is 2.58. The fraction of sp³-hybridized carbons (Fsp3) is 0.600. The molecule has 1 N–H and O–H groups in total. The zero-order valence-electron chi connectivity index (χ0n) is 9.05. The van der Waals surface area contributed by atoms with Crippen molar-refractivity contribution < 1.29 is 9.21 Å². The van der Waals surface area contributed by atoms with Crippen LogP contribution in [0.4, 0.5) is 0 Å². The van der Waals surface area contributed by atoms with Crippen molar-refractivity contribution >= 4 is 5.91 Å². The average molecular weight is 196 g/mol. The number of nitrogens with zero attached hydrogens (tertiary/aromatic N) is 1. The van der Waals surface area contributed by atoms with Crippen LogP contribution in [0.1, 0.15) is 36.0 Å². The van der Waals surface area contributed by atoms with E-state index < -0.39 is 0 Å². The number of nitrogens with one attached hydrogen (secondary N) is 1. The molecule has 0 aliphatic heterocycles. The Hall–Kier alpha value is -1.32. The normalized spacial score (nSPS) is 10.6. The van der Waals surface area contributed by atoms with E-state index in [1.807, 2.05) is 13.8 Å². The van der Waals surface area contributed by atoms with E-state index in [1.165, 1.54) is 0 Å². The molecule has 0 spiro atoms. The lowest BCUT2D eigenvalue weighted by atomic mass is 10.2. The van der Waals surface area contributed by atoms with Gasteiger partial charge in [-0.05, 0) is 12.8 Å². The molecule has 1 rings (SSSR count). The molecular weight excluding hydrogens is 180 g/mol. The summed E-state index contributed by atoms with van der Waals surface area (Å²) in [6, 6.07) is 0. The fourth-order valence-electron chi connectivity index (χ4n) is 1.12. The summed E-state index contributed by atoms with van der Waals surface area (Å²) in [6.07, 6.45) is 0. The van der Waals surface area contributed by atoms with Gasteiger partial charge in [0, 0.05) is 13.5 Å². The third-order valence-electron chi connectivity index (χ3n) is 1.78. The number of carbonyl (C=O) groups excluding carboxylic acids is 1. The molecule has 78 valence electrons. The van der Waals surface area contributed by atoms with Crippen LogP contribution in [0.3, 0.4) is 0 Å². The van der Waals surface area contributed by atoms with E-state index in [4.69, 9.17) is 4.42 Å². The lowest BCUT2D eigenvalue weighted by Gasteiger charge is -2.05. The van der Waals surface area contributed by atoms with Crippen LogP contribution in [0.2, 0.25) is 0 Å². The molecule has 1 aromatic heterocycles. The molecule has 4 heteroatoms. The Morgan fingerprint density at radius 3 is 2.57 bits per heavy atom. The number of amides is 1. The Morgan fingerprint density at radius 2 is 2.14 bits per heavy atom. The number of carbonyl (C=O) groups is 1. The Morgan fingerprint density at radius 1 is 1.50 bits per heavy atom. The van der Waals surface area contributed by atoms with Crippen LogP contribution in [0, 0.1) is 19.8 Å². The maximum atomic E-state index is 11.5. The van der Waals surface area contributed by atoms with Crippen molar-refractivity contribution in [3.05, 3.63) is 17.3 Å². The molecule has 4 nitrogen and oxygen atoms in total. The molecule has 0 radical (unpaired) electrons. The standard InChI is InChI=1S/C10H16N2O2/c1-6(2)5-11-10(13)9-7(3)12-8(4)14-9/h6H,5H2,1-4H3,(H,11,13). The molecule has 0 fully saturated rings. The van der Waals surface area contributed by atoms with Crippen LogP contribution in [0.5, 0.6) is 0 Å². The largest absolute Gasteiger partial charge is 0.436 e. The molecule has 0 bridgehead atoms. The highest BCUT2D eigenvalue weighted by molar-refractivity contribution is 5.92. The van der Waals surface area contributed by atoms with Crippen LogP contribution in [0.15, 0.2) is 4.42 Å². The number of rotatable bonds is 3. The van der Waals surface area contributed by atoms with Crippen LogP contribution in [-0.4, -0.2) is 17.4 Å². The van der Waals surface area contributed by atoms with Gasteiger partial charge in [-0.25, -0.2) is 4.98 Å². The predicted molar refractivity (Wildman–Crippen MR) is 53.1 cm³/mol. The molecular formula is C10H16N2O2. The van der Waals surface area contributed by atoms with Gasteiger partial charge in [-0.15, -0.1) is 0 Å². The number of aromatic nitrogens is 1. The van der Waals surface area contributed by atoms with E-state index in [9.17, 15) is 4.79 Å². The first-order valence-corrected chi connectivity index (χ1v) is 4.73. The molecule has 14 heavy (non-hydrogen) atoms. The molecule has 0 saturated carbocycles. The van der Waals surface area contributed by atoms with E-state index >= 15 is 0 Å². The van der Waals surface area contributed by atoms with Crippen molar-refractivity contribution in [2.24, 2.45) is 5.92 Å². The van der Waals surface area contributed by atoms with Gasteiger partial charge < -0.3 is 9.73 Å². The van der Waals surface area contributed by atoms with Crippen molar-refractivity contribution in [3.63, 3.8) is 0 Å². The molecule has 0 atom stereocenters. The van der Waals surface area contributed by atoms with E-state index in [1.54, 1.807) is 13.8 Å². The Labute approximate surface area is 83.7 Å². The second-order valence-electron chi connectivity index (χ2n) is 3.75. The SMILES string of the molecule is Cc1nc(C)c(C(=O)NCC(C)C)o1.